The van der Waals surface area contributed by atoms with Crippen LogP contribution in [0.2, 0.25) is 0 Å². The third-order valence-electron chi connectivity index (χ3n) is 6.20. The van der Waals surface area contributed by atoms with Crippen LogP contribution in [0.15, 0.2) is 49.1 Å². The van der Waals surface area contributed by atoms with Crippen molar-refractivity contribution in [3.05, 3.63) is 53.9 Å². The highest BCUT2D eigenvalue weighted by Crippen LogP contribution is 2.35. The molecule has 6 aromatic heterocycles. The number of hydrogen-bond acceptors (Lipinski definition) is 9. The van der Waals surface area contributed by atoms with Crippen LogP contribution >= 0.6 is 11.3 Å². The van der Waals surface area contributed by atoms with Gasteiger partial charge in [0.2, 0.25) is 0 Å². The van der Waals surface area contributed by atoms with Crippen molar-refractivity contribution in [3.8, 4) is 33.3 Å². The van der Waals surface area contributed by atoms with Crippen molar-refractivity contribution in [2.75, 3.05) is 18.0 Å². The van der Waals surface area contributed by atoms with Crippen molar-refractivity contribution in [3.63, 3.8) is 0 Å². The molecule has 1 aliphatic rings. The van der Waals surface area contributed by atoms with Crippen molar-refractivity contribution < 1.29 is 0 Å². The van der Waals surface area contributed by atoms with Gasteiger partial charge in [0.05, 0.1) is 17.9 Å². The summed E-state index contributed by atoms with van der Waals surface area (Å²) >= 11 is 1.74. The highest BCUT2D eigenvalue weighted by atomic mass is 32.1. The first-order valence-electron chi connectivity index (χ1n) is 11.2. The summed E-state index contributed by atoms with van der Waals surface area (Å²) in [6.07, 6.45) is 7.02. The number of pyridine rings is 2. The average Bonchev–Trinajstić information content (AvgIpc) is 3.59. The zero-order valence-corrected chi connectivity index (χ0v) is 19.5. The van der Waals surface area contributed by atoms with Gasteiger partial charge in [-0.25, -0.2) is 15.0 Å². The van der Waals surface area contributed by atoms with Gasteiger partial charge in [-0.2, -0.15) is 5.10 Å². The Morgan fingerprint density at radius 2 is 1.91 bits per heavy atom. The SMILES string of the molecule is Cc1ccc(-c2ccnc3[nH]c(-c4n[nH]c5c(-c6cncc(N7CC(N)C7)n6)nccc45)nc23)s1. The fourth-order valence-electron chi connectivity index (χ4n) is 4.44. The molecule has 0 aromatic carbocycles. The van der Waals surface area contributed by atoms with Crippen LogP contribution in [0.3, 0.4) is 0 Å². The molecule has 35 heavy (non-hydrogen) atoms. The second kappa shape index (κ2) is 7.65. The Kier molecular flexibility index (Phi) is 4.41. The van der Waals surface area contributed by atoms with E-state index in [0.717, 1.165) is 51.4 Å². The molecule has 1 saturated heterocycles. The molecule has 4 N–H and O–H groups in total. The normalized spacial score (nSPS) is 14.2. The summed E-state index contributed by atoms with van der Waals surface area (Å²) in [6.45, 7) is 3.65. The molecular weight excluding hydrogens is 460 g/mol. The fourth-order valence-corrected chi connectivity index (χ4v) is 5.34. The summed E-state index contributed by atoms with van der Waals surface area (Å²) in [5, 5.41) is 8.62. The van der Waals surface area contributed by atoms with Crippen LogP contribution in [-0.2, 0) is 0 Å². The molecule has 7 rings (SSSR count). The number of fused-ring (bicyclic) bond motifs is 2. The third-order valence-corrected chi connectivity index (χ3v) is 7.23. The summed E-state index contributed by atoms with van der Waals surface area (Å²) in [6, 6.07) is 8.34. The number of H-pyrrole nitrogens is 2. The highest BCUT2D eigenvalue weighted by Gasteiger charge is 2.25. The minimum Gasteiger partial charge on any atom is -0.352 e. The molecule has 1 fully saturated rings. The molecule has 0 bridgehead atoms. The van der Waals surface area contributed by atoms with Crippen molar-refractivity contribution in [2.45, 2.75) is 13.0 Å². The average molecular weight is 481 g/mol. The van der Waals surface area contributed by atoms with Crippen molar-refractivity contribution >= 4 is 39.2 Å². The Bertz CT molecular complexity index is 1710. The molecule has 10 nitrogen and oxygen atoms in total. The molecule has 6 aromatic rings. The number of hydrogen-bond donors (Lipinski definition) is 3. The molecule has 0 atom stereocenters. The summed E-state index contributed by atoms with van der Waals surface area (Å²) in [5.74, 6) is 1.44. The monoisotopic (exact) mass is 480 g/mol. The van der Waals surface area contributed by atoms with E-state index in [4.69, 9.17) is 15.7 Å². The number of nitrogens with zero attached hydrogens (tertiary/aromatic N) is 7. The maximum atomic E-state index is 5.93. The lowest BCUT2D eigenvalue weighted by atomic mass is 10.1. The van der Waals surface area contributed by atoms with E-state index < -0.39 is 0 Å². The number of nitrogens with one attached hydrogen (secondary N) is 2. The van der Waals surface area contributed by atoms with Crippen molar-refractivity contribution in [1.29, 1.82) is 0 Å². The van der Waals surface area contributed by atoms with Crippen LogP contribution in [-0.4, -0.2) is 59.2 Å². The van der Waals surface area contributed by atoms with E-state index in [2.05, 4.69) is 54.1 Å². The predicted octanol–water partition coefficient (Wildman–Crippen LogP) is 3.54. The lowest BCUT2D eigenvalue weighted by molar-refractivity contribution is 0.514. The molecule has 0 unspecified atom stereocenters. The van der Waals surface area contributed by atoms with Crippen LogP contribution in [0, 0.1) is 6.92 Å². The summed E-state index contributed by atoms with van der Waals surface area (Å²) in [4.78, 5) is 31.0. The van der Waals surface area contributed by atoms with E-state index in [1.807, 2.05) is 12.1 Å². The Labute approximate surface area is 203 Å². The van der Waals surface area contributed by atoms with Crippen LogP contribution in [0.4, 0.5) is 5.82 Å². The Morgan fingerprint density at radius 1 is 1.03 bits per heavy atom. The minimum absolute atomic E-state index is 0.180. The van der Waals surface area contributed by atoms with Crippen molar-refractivity contribution in [1.82, 2.24) is 40.1 Å². The maximum Gasteiger partial charge on any atom is 0.160 e. The molecule has 172 valence electrons. The first kappa shape index (κ1) is 20.2. The van der Waals surface area contributed by atoms with E-state index >= 15 is 0 Å². The van der Waals surface area contributed by atoms with E-state index in [9.17, 15) is 0 Å². The second-order valence-electron chi connectivity index (χ2n) is 8.63. The Balaban J connectivity index is 1.32. The molecule has 11 heteroatoms. The number of nitrogens with two attached hydrogens (primary N) is 1. The topological polar surface area (TPSA) is 138 Å². The quantitative estimate of drug-likeness (QED) is 0.348. The van der Waals surface area contributed by atoms with Gasteiger partial charge in [-0.3, -0.25) is 15.1 Å². The van der Waals surface area contributed by atoms with Gasteiger partial charge in [-0.1, -0.05) is 0 Å². The summed E-state index contributed by atoms with van der Waals surface area (Å²) in [7, 11) is 0. The number of aromatic nitrogens is 8. The molecule has 0 amide bonds. The largest absolute Gasteiger partial charge is 0.352 e. The maximum absolute atomic E-state index is 5.93. The van der Waals surface area contributed by atoms with Crippen LogP contribution in [0.5, 0.6) is 0 Å². The lowest BCUT2D eigenvalue weighted by Gasteiger charge is -2.37. The smallest absolute Gasteiger partial charge is 0.160 e. The van der Waals surface area contributed by atoms with Gasteiger partial charge in [0, 0.05) is 52.2 Å². The van der Waals surface area contributed by atoms with Gasteiger partial charge in [-0.05, 0) is 31.2 Å². The minimum atomic E-state index is 0.180. The fraction of sp³-hybridized carbons (Fsp3) is 0.167. The van der Waals surface area contributed by atoms with E-state index in [1.165, 1.54) is 4.88 Å². The van der Waals surface area contributed by atoms with E-state index in [-0.39, 0.29) is 6.04 Å². The van der Waals surface area contributed by atoms with Gasteiger partial charge in [0.1, 0.15) is 28.4 Å². The van der Waals surface area contributed by atoms with Crippen LogP contribution < -0.4 is 10.6 Å². The van der Waals surface area contributed by atoms with Gasteiger partial charge in [-0.15, -0.1) is 11.3 Å². The van der Waals surface area contributed by atoms with Gasteiger partial charge in [0.25, 0.3) is 0 Å². The van der Waals surface area contributed by atoms with Gasteiger partial charge in [0.15, 0.2) is 11.5 Å². The number of rotatable bonds is 4. The second-order valence-corrected chi connectivity index (χ2v) is 9.92. The third kappa shape index (κ3) is 3.27. The van der Waals surface area contributed by atoms with E-state index in [0.29, 0.717) is 22.9 Å². The van der Waals surface area contributed by atoms with Gasteiger partial charge < -0.3 is 15.6 Å². The molecular formula is C24H20N10S. The Morgan fingerprint density at radius 3 is 2.74 bits per heavy atom. The molecule has 0 spiro atoms. The molecule has 1 aliphatic heterocycles. The lowest BCUT2D eigenvalue weighted by Crippen LogP contribution is -2.56. The molecule has 0 aliphatic carbocycles. The summed E-state index contributed by atoms with van der Waals surface area (Å²) < 4.78 is 0. The zero-order valence-electron chi connectivity index (χ0n) is 18.7. The number of anilines is 1. The number of imidazole rings is 1. The van der Waals surface area contributed by atoms with E-state index in [1.54, 1.807) is 36.1 Å². The first-order chi connectivity index (χ1) is 17.1. The summed E-state index contributed by atoms with van der Waals surface area (Å²) in [5.41, 5.74) is 11.4. The zero-order chi connectivity index (χ0) is 23.5. The number of thiophene rings is 1. The van der Waals surface area contributed by atoms with Crippen molar-refractivity contribution in [2.24, 2.45) is 5.73 Å². The van der Waals surface area contributed by atoms with Crippen LogP contribution in [0.1, 0.15) is 4.88 Å². The molecule has 7 heterocycles. The predicted molar refractivity (Wildman–Crippen MR) is 136 cm³/mol. The van der Waals surface area contributed by atoms with Crippen LogP contribution in [0.25, 0.3) is 55.4 Å². The Hall–Kier alpha value is -4.22. The molecule has 0 saturated carbocycles. The first-order valence-corrected chi connectivity index (χ1v) is 12.0. The number of aromatic amines is 2. The number of aryl methyl sites for hydroxylation is 1. The van der Waals surface area contributed by atoms with Gasteiger partial charge >= 0.3 is 0 Å². The highest BCUT2D eigenvalue weighted by molar-refractivity contribution is 7.15. The standard InChI is InChI=1S/C24H20N10S/c1-12-2-3-17(35-12)14-4-7-28-23-20(14)30-24(31-23)21-15-5-6-27-22(19(15)32-33-21)16-8-26-9-18(29-16)34-10-13(25)11-34/h2-9,13H,10-11,25H2,1H3,(H,32,33)(H,28,30,31). The molecule has 0 radical (unpaired) electrons.